The summed E-state index contributed by atoms with van der Waals surface area (Å²) in [7, 11) is 0. The van der Waals surface area contributed by atoms with Crippen LogP contribution in [0.4, 0.5) is 5.69 Å². The van der Waals surface area contributed by atoms with Gasteiger partial charge in [0.05, 0.1) is 20.5 Å². The lowest BCUT2D eigenvalue weighted by Crippen LogP contribution is -2.08. The van der Waals surface area contributed by atoms with Crippen molar-refractivity contribution in [1.29, 1.82) is 0 Å². The van der Waals surface area contributed by atoms with Crippen molar-refractivity contribution in [3.05, 3.63) is 75.4 Å². The predicted octanol–water partition coefficient (Wildman–Crippen LogP) is 5.71. The van der Waals surface area contributed by atoms with Crippen molar-refractivity contribution < 1.29 is 4.79 Å². The number of nitrogens with zero attached hydrogens (tertiary/aromatic N) is 1. The summed E-state index contributed by atoms with van der Waals surface area (Å²) in [4.78, 5) is 21.2. The second kappa shape index (κ2) is 7.27. The molecule has 2 N–H and O–H groups in total. The van der Waals surface area contributed by atoms with Gasteiger partial charge in [-0.15, -0.1) is 11.3 Å². The van der Waals surface area contributed by atoms with Crippen LogP contribution in [0.1, 0.15) is 4.88 Å². The molecule has 2 heterocycles. The zero-order valence-electron chi connectivity index (χ0n) is 13.6. The molecule has 0 saturated heterocycles. The van der Waals surface area contributed by atoms with Crippen molar-refractivity contribution in [3.63, 3.8) is 0 Å². The Morgan fingerprint density at radius 2 is 1.88 bits per heavy atom. The predicted molar refractivity (Wildman–Crippen MR) is 111 cm³/mol. The van der Waals surface area contributed by atoms with Gasteiger partial charge in [-0.05, 0) is 58.4 Å². The van der Waals surface area contributed by atoms with Crippen molar-refractivity contribution in [2.75, 3.05) is 5.32 Å². The Morgan fingerprint density at radius 3 is 2.69 bits per heavy atom. The number of hydrogen-bond acceptors (Lipinski definition) is 3. The highest BCUT2D eigenvalue weighted by molar-refractivity contribution is 9.11. The fraction of sp³-hybridized carbons (Fsp3) is 0. The van der Waals surface area contributed by atoms with Crippen LogP contribution < -0.4 is 5.32 Å². The summed E-state index contributed by atoms with van der Waals surface area (Å²) in [6.07, 6.45) is 3.34. The number of nitrogens with one attached hydrogen (secondary N) is 2. The molecule has 0 aliphatic rings. The van der Waals surface area contributed by atoms with Crippen LogP contribution in [0.2, 0.25) is 0 Å². The second-order valence-electron chi connectivity index (χ2n) is 5.61. The Hall–Kier alpha value is -2.70. The normalized spacial score (nSPS) is 11.3. The van der Waals surface area contributed by atoms with Crippen molar-refractivity contribution >= 4 is 56.0 Å². The van der Waals surface area contributed by atoms with Gasteiger partial charge in [0.1, 0.15) is 5.82 Å². The number of benzene rings is 2. The summed E-state index contributed by atoms with van der Waals surface area (Å²) >= 11 is 4.99. The van der Waals surface area contributed by atoms with Crippen LogP contribution in [-0.4, -0.2) is 15.9 Å². The third-order valence-corrected chi connectivity index (χ3v) is 5.41. The molecule has 26 heavy (non-hydrogen) atoms. The van der Waals surface area contributed by atoms with Gasteiger partial charge in [-0.2, -0.15) is 0 Å². The van der Waals surface area contributed by atoms with Crippen molar-refractivity contribution in [2.45, 2.75) is 0 Å². The van der Waals surface area contributed by atoms with Gasteiger partial charge >= 0.3 is 0 Å². The van der Waals surface area contributed by atoms with Crippen LogP contribution >= 0.6 is 27.3 Å². The Balaban J connectivity index is 1.59. The average Bonchev–Trinajstić information content (AvgIpc) is 3.26. The maximum atomic E-state index is 12.3. The number of anilines is 1. The molecule has 6 heteroatoms. The van der Waals surface area contributed by atoms with Crippen LogP contribution in [0, 0.1) is 0 Å². The van der Waals surface area contributed by atoms with E-state index < -0.39 is 0 Å². The number of H-pyrrole nitrogens is 1. The van der Waals surface area contributed by atoms with E-state index in [4.69, 9.17) is 0 Å². The summed E-state index contributed by atoms with van der Waals surface area (Å²) in [6.45, 7) is 0. The van der Waals surface area contributed by atoms with E-state index in [2.05, 4.69) is 31.2 Å². The van der Waals surface area contributed by atoms with Crippen LogP contribution in [0.3, 0.4) is 0 Å². The Kier molecular flexibility index (Phi) is 4.69. The molecular formula is C20H14BrN3OS. The number of hydrogen-bond donors (Lipinski definition) is 2. The zero-order valence-corrected chi connectivity index (χ0v) is 16.0. The fourth-order valence-corrected chi connectivity index (χ4v) is 3.96. The number of para-hydroxylation sites is 3. The van der Waals surface area contributed by atoms with Crippen molar-refractivity contribution in [2.24, 2.45) is 0 Å². The number of carbonyl (C=O) groups excluding carboxylic acids is 1. The minimum atomic E-state index is -0.182. The molecule has 0 saturated carbocycles. The molecule has 0 spiro atoms. The Bertz CT molecular complexity index is 1080. The molecule has 4 rings (SSSR count). The number of amides is 1. The van der Waals surface area contributed by atoms with Crippen LogP contribution in [0.25, 0.3) is 28.5 Å². The molecule has 4 nitrogen and oxygen atoms in total. The Morgan fingerprint density at radius 1 is 1.08 bits per heavy atom. The van der Waals surface area contributed by atoms with Crippen molar-refractivity contribution in [1.82, 2.24) is 9.97 Å². The molecule has 128 valence electrons. The maximum Gasteiger partial charge on any atom is 0.248 e. The van der Waals surface area contributed by atoms with Gasteiger partial charge in [0.25, 0.3) is 0 Å². The van der Waals surface area contributed by atoms with Gasteiger partial charge in [-0.3, -0.25) is 4.79 Å². The highest BCUT2D eigenvalue weighted by Crippen LogP contribution is 2.28. The molecule has 1 amide bonds. The first-order chi connectivity index (χ1) is 12.7. The van der Waals surface area contributed by atoms with E-state index in [9.17, 15) is 4.79 Å². The summed E-state index contributed by atoms with van der Waals surface area (Å²) in [5, 5.41) is 2.94. The van der Waals surface area contributed by atoms with E-state index in [0.717, 1.165) is 31.1 Å². The molecule has 0 fully saturated rings. The van der Waals surface area contributed by atoms with Gasteiger partial charge in [0.2, 0.25) is 5.91 Å². The third kappa shape index (κ3) is 3.61. The molecule has 0 bridgehead atoms. The van der Waals surface area contributed by atoms with E-state index in [0.29, 0.717) is 5.69 Å². The topological polar surface area (TPSA) is 57.8 Å². The van der Waals surface area contributed by atoms with Gasteiger partial charge in [-0.1, -0.05) is 24.3 Å². The van der Waals surface area contributed by atoms with Gasteiger partial charge < -0.3 is 10.3 Å². The highest BCUT2D eigenvalue weighted by atomic mass is 79.9. The number of aromatic amines is 1. The first-order valence-electron chi connectivity index (χ1n) is 7.97. The van der Waals surface area contributed by atoms with Gasteiger partial charge in [-0.25, -0.2) is 4.98 Å². The molecule has 2 aromatic heterocycles. The number of rotatable bonds is 4. The monoisotopic (exact) mass is 423 g/mol. The van der Waals surface area contributed by atoms with Gasteiger partial charge in [0.15, 0.2) is 0 Å². The first kappa shape index (κ1) is 16.8. The molecule has 0 aliphatic heterocycles. The molecule has 0 atom stereocenters. The number of halogens is 1. The minimum absolute atomic E-state index is 0.182. The largest absolute Gasteiger partial charge is 0.338 e. The van der Waals surface area contributed by atoms with Crippen LogP contribution in [0.5, 0.6) is 0 Å². The lowest BCUT2D eigenvalue weighted by molar-refractivity contribution is -0.111. The summed E-state index contributed by atoms with van der Waals surface area (Å²) < 4.78 is 1.03. The van der Waals surface area contributed by atoms with E-state index in [1.807, 2.05) is 60.7 Å². The standard InChI is InChI=1S/C20H14BrN3OS/c21-18-11-9-13(26-18)10-12-19(25)22-15-6-2-1-5-14(15)20-23-16-7-3-4-8-17(16)24-20/h1-12H,(H,22,25)(H,23,24)/b12-10+. The third-order valence-electron chi connectivity index (χ3n) is 3.82. The van der Waals surface area contributed by atoms with E-state index in [1.54, 1.807) is 17.4 Å². The van der Waals surface area contributed by atoms with Gasteiger partial charge in [0, 0.05) is 16.5 Å². The molecular weight excluding hydrogens is 410 g/mol. The molecule has 0 unspecified atom stereocenters. The summed E-state index contributed by atoms with van der Waals surface area (Å²) in [5.74, 6) is 0.548. The number of thiophene rings is 1. The van der Waals surface area contributed by atoms with Crippen molar-refractivity contribution in [3.8, 4) is 11.4 Å². The molecule has 0 radical (unpaired) electrons. The van der Waals surface area contributed by atoms with E-state index >= 15 is 0 Å². The SMILES string of the molecule is O=C(/C=C/c1ccc(Br)s1)Nc1ccccc1-c1nc2ccccc2[nH]1. The summed E-state index contributed by atoms with van der Waals surface area (Å²) in [6, 6.07) is 19.4. The molecule has 2 aromatic carbocycles. The Labute approximate surface area is 162 Å². The van der Waals surface area contributed by atoms with Crippen LogP contribution in [0.15, 0.2) is 70.5 Å². The number of aromatic nitrogens is 2. The lowest BCUT2D eigenvalue weighted by atomic mass is 10.1. The molecule has 4 aromatic rings. The molecule has 0 aliphatic carbocycles. The number of carbonyl (C=O) groups is 1. The first-order valence-corrected chi connectivity index (χ1v) is 9.58. The van der Waals surface area contributed by atoms with E-state index in [-0.39, 0.29) is 5.91 Å². The second-order valence-corrected chi connectivity index (χ2v) is 8.11. The number of imidazole rings is 1. The fourth-order valence-electron chi connectivity index (χ4n) is 2.63. The zero-order chi connectivity index (χ0) is 17.9. The van der Waals surface area contributed by atoms with E-state index in [1.165, 1.54) is 6.08 Å². The highest BCUT2D eigenvalue weighted by Gasteiger charge is 2.10. The average molecular weight is 424 g/mol. The quantitative estimate of drug-likeness (QED) is 0.413. The maximum absolute atomic E-state index is 12.3. The number of fused-ring (bicyclic) bond motifs is 1. The van der Waals surface area contributed by atoms with Crippen LogP contribution in [-0.2, 0) is 4.79 Å². The smallest absolute Gasteiger partial charge is 0.248 e. The summed E-state index contributed by atoms with van der Waals surface area (Å²) in [5.41, 5.74) is 3.43. The lowest BCUT2D eigenvalue weighted by Gasteiger charge is -2.07. The minimum Gasteiger partial charge on any atom is -0.338 e.